The van der Waals surface area contributed by atoms with Crippen LogP contribution in [-0.4, -0.2) is 17.5 Å². The van der Waals surface area contributed by atoms with Crippen molar-refractivity contribution in [1.29, 1.82) is 0 Å². The fourth-order valence-corrected chi connectivity index (χ4v) is 4.08. The Balaban J connectivity index is 2.78. The predicted octanol–water partition coefficient (Wildman–Crippen LogP) is 3.79. The highest BCUT2D eigenvalue weighted by Crippen LogP contribution is 2.37. The van der Waals surface area contributed by atoms with Crippen LogP contribution in [0, 0.1) is 5.92 Å². The average molecular weight is 345 g/mol. The van der Waals surface area contributed by atoms with E-state index < -0.39 is 15.6 Å². The van der Waals surface area contributed by atoms with Crippen LogP contribution in [0.4, 0.5) is 0 Å². The van der Waals surface area contributed by atoms with E-state index >= 15 is 0 Å². The summed E-state index contributed by atoms with van der Waals surface area (Å²) in [5.41, 5.74) is 0.185. The third kappa shape index (κ3) is 2.97. The molecule has 2 aromatic rings. The molecule has 0 saturated heterocycles. The number of hydrogen-bond acceptors (Lipinski definition) is 3. The van der Waals surface area contributed by atoms with Gasteiger partial charge >= 0.3 is 0 Å². The van der Waals surface area contributed by atoms with Crippen LogP contribution in [0.2, 0.25) is 0 Å². The zero-order valence-electron chi connectivity index (χ0n) is 14.2. The fourth-order valence-electron chi connectivity index (χ4n) is 2.61. The number of nitrogens with zero attached hydrogens (tertiary/aromatic N) is 1. The van der Waals surface area contributed by atoms with Crippen LogP contribution in [0.25, 0.3) is 5.57 Å². The minimum atomic E-state index is -3.83. The van der Waals surface area contributed by atoms with Gasteiger partial charge < -0.3 is 5.11 Å². The fraction of sp³-hybridized carbons (Fsp3) is 0.263. The molecule has 0 aliphatic heterocycles. The van der Waals surface area contributed by atoms with Crippen molar-refractivity contribution in [2.45, 2.75) is 31.3 Å². The molecule has 0 saturated carbocycles. The Morgan fingerprint density at radius 1 is 1.29 bits per heavy atom. The third-order valence-corrected chi connectivity index (χ3v) is 6.02. The zero-order chi connectivity index (χ0) is 18.1. The van der Waals surface area contributed by atoms with E-state index in [1.807, 2.05) is 0 Å². The second-order valence-corrected chi connectivity index (χ2v) is 7.96. The Morgan fingerprint density at radius 2 is 1.88 bits per heavy atom. The minimum Gasteiger partial charge on any atom is -0.383 e. The summed E-state index contributed by atoms with van der Waals surface area (Å²) in [7, 11) is -3.83. The molecule has 1 aromatic carbocycles. The van der Waals surface area contributed by atoms with Gasteiger partial charge in [0.05, 0.1) is 10.6 Å². The molecule has 1 heterocycles. The van der Waals surface area contributed by atoms with E-state index in [1.165, 1.54) is 18.3 Å². The monoisotopic (exact) mass is 345 g/mol. The average Bonchev–Trinajstić information content (AvgIpc) is 3.01. The standard InChI is InChI=1S/C19H23NO3S/c1-6-15(4)19(5,21)18-17(14(2)3)12-13-20(18)24(22,23)16-10-8-7-9-11-16/h6-13,15,21H,1-2H2,3-5H3. The molecule has 1 N–H and O–H groups in total. The summed E-state index contributed by atoms with van der Waals surface area (Å²) in [5, 5.41) is 11.1. The van der Waals surface area contributed by atoms with Crippen LogP contribution in [0.15, 0.2) is 66.7 Å². The predicted molar refractivity (Wildman–Crippen MR) is 97.1 cm³/mol. The normalized spacial score (nSPS) is 15.5. The van der Waals surface area contributed by atoms with Gasteiger partial charge in [0.2, 0.25) is 0 Å². The van der Waals surface area contributed by atoms with Gasteiger partial charge in [0.25, 0.3) is 10.0 Å². The van der Waals surface area contributed by atoms with E-state index in [1.54, 1.807) is 51.1 Å². The summed E-state index contributed by atoms with van der Waals surface area (Å²) in [4.78, 5) is 0.164. The molecule has 0 fully saturated rings. The quantitative estimate of drug-likeness (QED) is 0.810. The maximum absolute atomic E-state index is 13.0. The van der Waals surface area contributed by atoms with Crippen molar-refractivity contribution in [2.75, 3.05) is 0 Å². The van der Waals surface area contributed by atoms with Crippen LogP contribution in [0.3, 0.4) is 0 Å². The summed E-state index contributed by atoms with van der Waals surface area (Å²) >= 11 is 0. The van der Waals surface area contributed by atoms with Gasteiger partial charge in [-0.1, -0.05) is 37.8 Å². The Morgan fingerprint density at radius 3 is 2.38 bits per heavy atom. The molecule has 4 nitrogen and oxygen atoms in total. The molecule has 2 rings (SSSR count). The van der Waals surface area contributed by atoms with Gasteiger partial charge in [0.1, 0.15) is 5.60 Å². The van der Waals surface area contributed by atoms with E-state index in [4.69, 9.17) is 0 Å². The van der Waals surface area contributed by atoms with E-state index in [2.05, 4.69) is 13.2 Å². The molecular formula is C19H23NO3S. The highest BCUT2D eigenvalue weighted by atomic mass is 32.2. The summed E-state index contributed by atoms with van der Waals surface area (Å²) in [6.45, 7) is 12.8. The summed E-state index contributed by atoms with van der Waals surface area (Å²) < 4.78 is 27.2. The van der Waals surface area contributed by atoms with Gasteiger partial charge in [-0.2, -0.15) is 0 Å². The van der Waals surface area contributed by atoms with Crippen LogP contribution in [0.1, 0.15) is 32.0 Å². The summed E-state index contributed by atoms with van der Waals surface area (Å²) in [6, 6.07) is 9.82. The Labute approximate surface area is 143 Å². The molecule has 0 spiro atoms. The second kappa shape index (κ2) is 6.42. The van der Waals surface area contributed by atoms with Crippen molar-refractivity contribution in [1.82, 2.24) is 3.97 Å². The molecule has 0 amide bonds. The number of aliphatic hydroxyl groups is 1. The molecule has 24 heavy (non-hydrogen) atoms. The van der Waals surface area contributed by atoms with Gasteiger partial charge in [-0.25, -0.2) is 12.4 Å². The SMILES string of the molecule is C=CC(C)C(C)(O)c1c(C(=C)C)ccn1S(=O)(=O)c1ccccc1. The van der Waals surface area contributed by atoms with Crippen molar-refractivity contribution < 1.29 is 13.5 Å². The number of allylic oxidation sites excluding steroid dienone is 1. The van der Waals surface area contributed by atoms with Crippen molar-refractivity contribution >= 4 is 15.6 Å². The molecule has 0 aliphatic carbocycles. The summed E-state index contributed by atoms with van der Waals surface area (Å²) in [5.74, 6) is -0.352. The molecule has 0 radical (unpaired) electrons. The first-order valence-electron chi connectivity index (χ1n) is 7.67. The molecule has 2 atom stereocenters. The van der Waals surface area contributed by atoms with E-state index in [9.17, 15) is 13.5 Å². The first-order valence-corrected chi connectivity index (χ1v) is 9.11. The van der Waals surface area contributed by atoms with Gasteiger partial charge in [-0.05, 0) is 37.6 Å². The maximum Gasteiger partial charge on any atom is 0.267 e. The maximum atomic E-state index is 13.0. The van der Waals surface area contributed by atoms with Crippen molar-refractivity contribution in [3.8, 4) is 0 Å². The largest absolute Gasteiger partial charge is 0.383 e. The molecule has 5 heteroatoms. The molecule has 128 valence electrons. The lowest BCUT2D eigenvalue weighted by atomic mass is 9.85. The minimum absolute atomic E-state index is 0.164. The Kier molecular flexibility index (Phi) is 4.87. The van der Waals surface area contributed by atoms with Crippen LogP contribution in [0.5, 0.6) is 0 Å². The lowest BCUT2D eigenvalue weighted by Crippen LogP contribution is -2.34. The Hall–Kier alpha value is -2.11. The van der Waals surface area contributed by atoms with Crippen molar-refractivity contribution in [2.24, 2.45) is 5.92 Å². The molecule has 2 unspecified atom stereocenters. The lowest BCUT2D eigenvalue weighted by Gasteiger charge is -2.31. The van der Waals surface area contributed by atoms with E-state index in [0.717, 1.165) is 3.97 Å². The van der Waals surface area contributed by atoms with Gasteiger partial charge in [0, 0.05) is 17.7 Å². The topological polar surface area (TPSA) is 59.3 Å². The van der Waals surface area contributed by atoms with Gasteiger partial charge in [0.15, 0.2) is 0 Å². The lowest BCUT2D eigenvalue weighted by molar-refractivity contribution is 0.0153. The third-order valence-electron chi connectivity index (χ3n) is 4.33. The smallest absolute Gasteiger partial charge is 0.267 e. The summed E-state index contributed by atoms with van der Waals surface area (Å²) in [6.07, 6.45) is 3.07. The first kappa shape index (κ1) is 18.2. The van der Waals surface area contributed by atoms with E-state index in [-0.39, 0.29) is 10.8 Å². The molecule has 0 aliphatic rings. The van der Waals surface area contributed by atoms with Crippen LogP contribution < -0.4 is 0 Å². The highest BCUT2D eigenvalue weighted by Gasteiger charge is 2.37. The molecular weight excluding hydrogens is 322 g/mol. The number of aromatic nitrogens is 1. The second-order valence-electron chi connectivity index (χ2n) is 6.14. The zero-order valence-corrected chi connectivity index (χ0v) is 15.0. The number of benzene rings is 1. The van der Waals surface area contributed by atoms with Crippen molar-refractivity contribution in [3.05, 3.63) is 73.1 Å². The molecule has 0 bridgehead atoms. The van der Waals surface area contributed by atoms with Gasteiger partial charge in [-0.3, -0.25) is 0 Å². The number of hydrogen-bond donors (Lipinski definition) is 1. The van der Waals surface area contributed by atoms with Crippen LogP contribution in [-0.2, 0) is 15.6 Å². The number of rotatable bonds is 6. The Bertz CT molecular complexity index is 861. The van der Waals surface area contributed by atoms with Gasteiger partial charge in [-0.15, -0.1) is 6.58 Å². The van der Waals surface area contributed by atoms with Crippen LogP contribution >= 0.6 is 0 Å². The van der Waals surface area contributed by atoms with Crippen molar-refractivity contribution in [3.63, 3.8) is 0 Å². The first-order chi connectivity index (χ1) is 11.1. The highest BCUT2D eigenvalue weighted by molar-refractivity contribution is 7.90. The molecule has 1 aromatic heterocycles. The van der Waals surface area contributed by atoms with E-state index in [0.29, 0.717) is 16.8 Å².